The molecule has 0 saturated carbocycles. The number of rotatable bonds is 2. The number of halogens is 2. The summed E-state index contributed by atoms with van der Waals surface area (Å²) >= 11 is 7.01. The second kappa shape index (κ2) is 4.98. The Kier molecular flexibility index (Phi) is 3.59. The topological polar surface area (TPSA) is 38.3 Å². The van der Waals surface area contributed by atoms with Crippen molar-refractivity contribution in [3.63, 3.8) is 0 Å². The summed E-state index contributed by atoms with van der Waals surface area (Å²) in [5, 5.41) is 3.15. The van der Waals surface area contributed by atoms with Gasteiger partial charge >= 0.3 is 5.97 Å². The number of hydrogen-bond acceptors (Lipinski definition) is 4. The minimum absolute atomic E-state index is 0.284. The van der Waals surface area contributed by atoms with Gasteiger partial charge in [0.25, 0.3) is 0 Å². The zero-order valence-electron chi connectivity index (χ0n) is 8.92. The third-order valence-electron chi connectivity index (χ3n) is 2.06. The number of benzene rings is 1. The molecule has 0 saturated heterocycles. The number of carbonyl (C=O) groups is 1. The third kappa shape index (κ3) is 2.56. The van der Waals surface area contributed by atoms with Crippen LogP contribution in [0.2, 0.25) is 5.02 Å². The maximum Gasteiger partial charge on any atom is 0.346 e. The largest absolute Gasteiger partial charge is 0.462 e. The van der Waals surface area contributed by atoms with Crippen LogP contribution in [-0.2, 0) is 9.53 Å². The summed E-state index contributed by atoms with van der Waals surface area (Å²) in [4.78, 5) is 12.4. The molecule has 1 aromatic carbocycles. The van der Waals surface area contributed by atoms with E-state index in [2.05, 4.69) is 5.32 Å². The lowest BCUT2D eigenvalue weighted by Crippen LogP contribution is -2.10. The molecule has 0 amide bonds. The van der Waals surface area contributed by atoms with Crippen molar-refractivity contribution in [3.8, 4) is 0 Å². The zero-order chi connectivity index (χ0) is 12.4. The third-order valence-corrected chi connectivity index (χ3v) is 3.41. The fourth-order valence-electron chi connectivity index (χ4n) is 1.36. The van der Waals surface area contributed by atoms with Crippen molar-refractivity contribution in [2.75, 3.05) is 11.9 Å². The predicted molar refractivity (Wildman–Crippen MR) is 65.6 cm³/mol. The second-order valence-corrected chi connectivity index (χ2v) is 4.73. The number of esters is 1. The van der Waals surface area contributed by atoms with Gasteiger partial charge in [-0.25, -0.2) is 9.18 Å². The van der Waals surface area contributed by atoms with Gasteiger partial charge in [0.2, 0.25) is 0 Å². The van der Waals surface area contributed by atoms with E-state index in [0.29, 0.717) is 22.1 Å². The molecule has 3 nitrogen and oxygen atoms in total. The number of nitrogens with one attached hydrogen (secondary N) is 1. The maximum atomic E-state index is 13.2. The summed E-state index contributed by atoms with van der Waals surface area (Å²) in [5.74, 6) is -0.871. The van der Waals surface area contributed by atoms with E-state index in [1.807, 2.05) is 0 Å². The quantitative estimate of drug-likeness (QED) is 0.838. The Balaban J connectivity index is 2.27. The van der Waals surface area contributed by atoms with Gasteiger partial charge in [-0.2, -0.15) is 0 Å². The Hall–Kier alpha value is -1.20. The highest BCUT2D eigenvalue weighted by molar-refractivity contribution is 8.04. The lowest BCUT2D eigenvalue weighted by molar-refractivity contribution is -0.137. The first-order valence-electron chi connectivity index (χ1n) is 4.92. The highest BCUT2D eigenvalue weighted by atomic mass is 35.5. The van der Waals surface area contributed by atoms with Crippen LogP contribution in [0.1, 0.15) is 6.92 Å². The number of ether oxygens (including phenoxy) is 1. The van der Waals surface area contributed by atoms with Crippen LogP contribution in [0.3, 0.4) is 0 Å². The molecule has 90 valence electrons. The second-order valence-electron chi connectivity index (χ2n) is 3.24. The van der Waals surface area contributed by atoms with E-state index < -0.39 is 11.8 Å². The molecule has 0 aromatic heterocycles. The zero-order valence-corrected chi connectivity index (χ0v) is 10.5. The summed E-state index contributed by atoms with van der Waals surface area (Å²) in [6, 6.07) is 2.54. The van der Waals surface area contributed by atoms with Crippen molar-refractivity contribution < 1.29 is 13.9 Å². The van der Waals surface area contributed by atoms with Crippen LogP contribution in [-0.4, -0.2) is 12.6 Å². The first-order valence-corrected chi connectivity index (χ1v) is 6.12. The van der Waals surface area contributed by atoms with Gasteiger partial charge in [0.15, 0.2) is 0 Å². The van der Waals surface area contributed by atoms with Crippen molar-refractivity contribution in [3.05, 3.63) is 34.1 Å². The SMILES string of the molecule is CCOC(=O)C1=CNc2c(Cl)cc(F)cc2S1. The van der Waals surface area contributed by atoms with Crippen molar-refractivity contribution in [1.82, 2.24) is 0 Å². The molecule has 0 spiro atoms. The standard InChI is InChI=1S/C11H9ClFNO2S/c1-2-16-11(15)9-5-14-10-7(12)3-6(13)4-8(10)17-9/h3-5,14H,2H2,1H3. The molecule has 1 heterocycles. The van der Waals surface area contributed by atoms with Crippen LogP contribution < -0.4 is 5.32 Å². The Bertz CT molecular complexity index is 504. The van der Waals surface area contributed by atoms with E-state index in [-0.39, 0.29) is 5.02 Å². The van der Waals surface area contributed by atoms with Gasteiger partial charge in [-0.15, -0.1) is 0 Å². The van der Waals surface area contributed by atoms with Crippen LogP contribution >= 0.6 is 23.4 Å². The molecular weight excluding hydrogens is 265 g/mol. The van der Waals surface area contributed by atoms with Crippen LogP contribution in [0.25, 0.3) is 0 Å². The molecule has 0 atom stereocenters. The fourth-order valence-corrected chi connectivity index (χ4v) is 2.62. The first kappa shape index (κ1) is 12.3. The molecule has 1 aliphatic heterocycles. The molecule has 0 unspecified atom stereocenters. The molecule has 1 aliphatic rings. The molecule has 2 rings (SSSR count). The summed E-state index contributed by atoms with van der Waals surface area (Å²) in [6.07, 6.45) is 1.51. The minimum atomic E-state index is -0.437. The van der Waals surface area contributed by atoms with Crippen molar-refractivity contribution in [2.45, 2.75) is 11.8 Å². The summed E-state index contributed by atoms with van der Waals surface area (Å²) in [6.45, 7) is 2.03. The van der Waals surface area contributed by atoms with Crippen LogP contribution in [0, 0.1) is 5.82 Å². The summed E-state index contributed by atoms with van der Waals surface area (Å²) in [5.41, 5.74) is 0.603. The smallest absolute Gasteiger partial charge is 0.346 e. The average molecular weight is 274 g/mol. The van der Waals surface area contributed by atoms with Gasteiger partial charge in [0, 0.05) is 11.1 Å². The summed E-state index contributed by atoms with van der Waals surface area (Å²) in [7, 11) is 0. The van der Waals surface area contributed by atoms with Crippen molar-refractivity contribution in [1.29, 1.82) is 0 Å². The normalized spacial score (nSPS) is 13.5. The van der Waals surface area contributed by atoms with E-state index in [0.717, 1.165) is 11.8 Å². The van der Waals surface area contributed by atoms with Crippen LogP contribution in [0.4, 0.5) is 10.1 Å². The monoisotopic (exact) mass is 273 g/mol. The van der Waals surface area contributed by atoms with Crippen molar-refractivity contribution in [2.24, 2.45) is 0 Å². The maximum absolute atomic E-state index is 13.2. The molecule has 1 N–H and O–H groups in total. The fraction of sp³-hybridized carbons (Fsp3) is 0.182. The molecular formula is C11H9ClFNO2S. The number of hydrogen-bond donors (Lipinski definition) is 1. The van der Waals surface area contributed by atoms with E-state index in [9.17, 15) is 9.18 Å². The van der Waals surface area contributed by atoms with E-state index >= 15 is 0 Å². The molecule has 0 bridgehead atoms. The molecule has 17 heavy (non-hydrogen) atoms. The molecule has 0 fully saturated rings. The lowest BCUT2D eigenvalue weighted by Gasteiger charge is -2.17. The van der Waals surface area contributed by atoms with Crippen LogP contribution in [0.5, 0.6) is 0 Å². The van der Waals surface area contributed by atoms with Gasteiger partial charge in [-0.05, 0) is 19.1 Å². The number of anilines is 1. The van der Waals surface area contributed by atoms with E-state index in [4.69, 9.17) is 16.3 Å². The van der Waals surface area contributed by atoms with Gasteiger partial charge in [-0.1, -0.05) is 23.4 Å². The Morgan fingerprint density at radius 1 is 1.59 bits per heavy atom. The lowest BCUT2D eigenvalue weighted by atomic mass is 10.3. The van der Waals surface area contributed by atoms with E-state index in [1.165, 1.54) is 18.3 Å². The highest BCUT2D eigenvalue weighted by Gasteiger charge is 2.21. The molecule has 6 heteroatoms. The van der Waals surface area contributed by atoms with Gasteiger partial charge in [-0.3, -0.25) is 0 Å². The predicted octanol–water partition coefficient (Wildman–Crippen LogP) is 3.40. The number of thioether (sulfide) groups is 1. The number of fused-ring (bicyclic) bond motifs is 1. The average Bonchev–Trinajstić information content (AvgIpc) is 2.28. The molecule has 0 aliphatic carbocycles. The van der Waals surface area contributed by atoms with Gasteiger partial charge < -0.3 is 10.1 Å². The first-order chi connectivity index (χ1) is 8.11. The van der Waals surface area contributed by atoms with Crippen LogP contribution in [0.15, 0.2) is 28.1 Å². The number of carbonyl (C=O) groups excluding carboxylic acids is 1. The van der Waals surface area contributed by atoms with E-state index in [1.54, 1.807) is 6.92 Å². The Morgan fingerprint density at radius 3 is 3.06 bits per heavy atom. The van der Waals surface area contributed by atoms with Crippen molar-refractivity contribution >= 4 is 35.0 Å². The summed E-state index contributed by atoms with van der Waals surface area (Å²) < 4.78 is 18.0. The highest BCUT2D eigenvalue weighted by Crippen LogP contribution is 2.41. The minimum Gasteiger partial charge on any atom is -0.462 e. The van der Waals surface area contributed by atoms with Gasteiger partial charge in [0.1, 0.15) is 10.7 Å². The Labute approximate surface area is 107 Å². The Morgan fingerprint density at radius 2 is 2.35 bits per heavy atom. The molecule has 0 radical (unpaired) electrons. The van der Waals surface area contributed by atoms with Gasteiger partial charge in [0.05, 0.1) is 17.3 Å². The molecule has 1 aromatic rings.